The molecule has 0 aliphatic heterocycles. The van der Waals surface area contributed by atoms with Crippen LogP contribution in [0.5, 0.6) is 5.75 Å². The molecule has 6 nitrogen and oxygen atoms in total. The van der Waals surface area contributed by atoms with E-state index >= 15 is 0 Å². The molecule has 0 saturated carbocycles. The monoisotopic (exact) mass is 285 g/mol. The molecular weight excluding hydrogens is 274 g/mol. The number of fused-ring (bicyclic) bond motifs is 1. The number of nitriles is 1. The van der Waals surface area contributed by atoms with E-state index in [-0.39, 0.29) is 35.5 Å². The van der Waals surface area contributed by atoms with Gasteiger partial charge in [0.2, 0.25) is 0 Å². The average molecular weight is 285 g/mol. The molecule has 1 aromatic heterocycles. The summed E-state index contributed by atoms with van der Waals surface area (Å²) in [6, 6.07) is 7.63. The van der Waals surface area contributed by atoms with Gasteiger partial charge in [0.25, 0.3) is 0 Å². The van der Waals surface area contributed by atoms with Gasteiger partial charge in [-0.25, -0.2) is 4.79 Å². The van der Waals surface area contributed by atoms with E-state index in [0.717, 1.165) is 0 Å². The molecule has 0 aliphatic carbocycles. The zero-order chi connectivity index (χ0) is 15.4. The highest BCUT2D eigenvalue weighted by molar-refractivity contribution is 5.83. The summed E-state index contributed by atoms with van der Waals surface area (Å²) in [6.45, 7) is 1.39. The van der Waals surface area contributed by atoms with Gasteiger partial charge in [-0.3, -0.25) is 4.79 Å². The van der Waals surface area contributed by atoms with Crippen LogP contribution in [0.15, 0.2) is 33.5 Å². The highest BCUT2D eigenvalue weighted by Crippen LogP contribution is 2.20. The predicted molar refractivity (Wildman–Crippen MR) is 72.7 cm³/mol. The molecule has 2 rings (SSSR count). The molecule has 0 fully saturated rings. The number of rotatable bonds is 4. The van der Waals surface area contributed by atoms with Crippen molar-refractivity contribution in [1.29, 1.82) is 5.26 Å². The van der Waals surface area contributed by atoms with Gasteiger partial charge in [0, 0.05) is 17.9 Å². The van der Waals surface area contributed by atoms with Crippen molar-refractivity contribution in [3.05, 3.63) is 40.2 Å². The number of Topliss-reactive ketones (excluding diaryl/α,β-unsaturated/α-hetero) is 1. The molecule has 0 N–H and O–H groups in total. The largest absolute Gasteiger partial charge is 0.426 e. The predicted octanol–water partition coefficient (Wildman–Crippen LogP) is 1.94. The van der Waals surface area contributed by atoms with Crippen LogP contribution in [-0.2, 0) is 9.59 Å². The van der Waals surface area contributed by atoms with E-state index in [1.54, 1.807) is 12.1 Å². The zero-order valence-electron chi connectivity index (χ0n) is 11.2. The van der Waals surface area contributed by atoms with Gasteiger partial charge in [-0.05, 0) is 25.1 Å². The number of carbonyl (C=O) groups excluding carboxylic acids is 2. The number of benzene rings is 1. The van der Waals surface area contributed by atoms with Crippen molar-refractivity contribution in [2.24, 2.45) is 0 Å². The second-order valence-corrected chi connectivity index (χ2v) is 4.44. The van der Waals surface area contributed by atoms with Crippen LogP contribution in [0.3, 0.4) is 0 Å². The standard InChI is InChI=1S/C15H11NO5/c1-9(17)2-5-14(18)20-12-4-3-10-6-11(8-16)15(19)21-13(10)7-12/h3-4,6-7H,2,5H2,1H3. The Morgan fingerprint density at radius 2 is 2.05 bits per heavy atom. The van der Waals surface area contributed by atoms with Crippen LogP contribution in [0.4, 0.5) is 0 Å². The smallest absolute Gasteiger partial charge is 0.354 e. The Labute approximate surface area is 119 Å². The fourth-order valence-corrected chi connectivity index (χ4v) is 1.69. The van der Waals surface area contributed by atoms with Crippen molar-refractivity contribution < 1.29 is 18.7 Å². The number of nitrogens with zero attached hydrogens (tertiary/aromatic N) is 1. The summed E-state index contributed by atoms with van der Waals surface area (Å²) in [5.74, 6) is -0.426. The van der Waals surface area contributed by atoms with Gasteiger partial charge in [-0.1, -0.05) is 0 Å². The lowest BCUT2D eigenvalue weighted by atomic mass is 10.2. The Bertz CT molecular complexity index is 813. The molecule has 0 aliphatic rings. The third kappa shape index (κ3) is 3.54. The van der Waals surface area contributed by atoms with Crippen molar-refractivity contribution in [2.75, 3.05) is 0 Å². The molecule has 0 spiro atoms. The van der Waals surface area contributed by atoms with Crippen molar-refractivity contribution >= 4 is 22.7 Å². The summed E-state index contributed by atoms with van der Waals surface area (Å²) >= 11 is 0. The SMILES string of the molecule is CC(=O)CCC(=O)Oc1ccc2cc(C#N)c(=O)oc2c1. The third-order valence-electron chi connectivity index (χ3n) is 2.74. The number of hydrogen-bond acceptors (Lipinski definition) is 6. The van der Waals surface area contributed by atoms with Crippen LogP contribution >= 0.6 is 0 Å². The molecule has 2 aromatic rings. The van der Waals surface area contributed by atoms with Crippen molar-refractivity contribution in [1.82, 2.24) is 0 Å². The molecule has 0 bridgehead atoms. The summed E-state index contributed by atoms with van der Waals surface area (Å²) in [5, 5.41) is 9.30. The Kier molecular flexibility index (Phi) is 4.14. The Morgan fingerprint density at radius 3 is 2.71 bits per heavy atom. The van der Waals surface area contributed by atoms with Crippen LogP contribution in [0.1, 0.15) is 25.3 Å². The number of esters is 1. The molecule has 0 saturated heterocycles. The molecular formula is C15H11NO5. The number of ether oxygens (including phenoxy) is 1. The Morgan fingerprint density at radius 1 is 1.29 bits per heavy atom. The molecule has 106 valence electrons. The summed E-state index contributed by atoms with van der Waals surface area (Å²) in [5.41, 5.74) is -0.616. The summed E-state index contributed by atoms with van der Waals surface area (Å²) < 4.78 is 10.0. The van der Waals surface area contributed by atoms with Crippen molar-refractivity contribution in [2.45, 2.75) is 19.8 Å². The van der Waals surface area contributed by atoms with Gasteiger partial charge in [-0.2, -0.15) is 5.26 Å². The molecule has 0 atom stereocenters. The van der Waals surface area contributed by atoms with Crippen LogP contribution in [0.25, 0.3) is 11.0 Å². The minimum atomic E-state index is -0.745. The van der Waals surface area contributed by atoms with E-state index in [0.29, 0.717) is 5.39 Å². The van der Waals surface area contributed by atoms with E-state index in [2.05, 4.69) is 0 Å². The minimum absolute atomic E-state index is 0.00924. The Hall–Kier alpha value is -2.94. The van der Waals surface area contributed by atoms with E-state index in [9.17, 15) is 14.4 Å². The van der Waals surface area contributed by atoms with Crippen LogP contribution in [-0.4, -0.2) is 11.8 Å². The summed E-state index contributed by atoms with van der Waals surface area (Å²) in [6.07, 6.45) is 0.109. The molecule has 21 heavy (non-hydrogen) atoms. The molecule has 0 amide bonds. The minimum Gasteiger partial charge on any atom is -0.426 e. The highest BCUT2D eigenvalue weighted by Gasteiger charge is 2.09. The van der Waals surface area contributed by atoms with Gasteiger partial charge >= 0.3 is 11.6 Å². The first kappa shape index (κ1) is 14.5. The van der Waals surface area contributed by atoms with E-state index in [1.165, 1.54) is 25.1 Å². The Balaban J connectivity index is 2.23. The van der Waals surface area contributed by atoms with Crippen LogP contribution < -0.4 is 10.4 Å². The molecule has 1 heterocycles. The highest BCUT2D eigenvalue weighted by atomic mass is 16.5. The summed E-state index contributed by atoms with van der Waals surface area (Å²) in [4.78, 5) is 33.7. The fourth-order valence-electron chi connectivity index (χ4n) is 1.69. The maximum absolute atomic E-state index is 11.5. The molecule has 6 heteroatoms. The molecule has 0 unspecified atom stereocenters. The van der Waals surface area contributed by atoms with E-state index in [4.69, 9.17) is 14.4 Å². The first-order valence-corrected chi connectivity index (χ1v) is 6.17. The molecule has 1 aromatic carbocycles. The van der Waals surface area contributed by atoms with Gasteiger partial charge in [0.05, 0.1) is 6.42 Å². The fraction of sp³-hybridized carbons (Fsp3) is 0.200. The second kappa shape index (κ2) is 6.01. The number of carbonyl (C=O) groups is 2. The lowest BCUT2D eigenvalue weighted by Gasteiger charge is -2.04. The number of hydrogen-bond donors (Lipinski definition) is 0. The molecule has 0 radical (unpaired) electrons. The lowest BCUT2D eigenvalue weighted by molar-refractivity contribution is -0.135. The van der Waals surface area contributed by atoms with Crippen molar-refractivity contribution in [3.63, 3.8) is 0 Å². The van der Waals surface area contributed by atoms with Gasteiger partial charge in [0.15, 0.2) is 0 Å². The van der Waals surface area contributed by atoms with Gasteiger partial charge < -0.3 is 13.9 Å². The van der Waals surface area contributed by atoms with Gasteiger partial charge in [0.1, 0.15) is 28.7 Å². The quantitative estimate of drug-likeness (QED) is 0.483. The topological polar surface area (TPSA) is 97.4 Å². The van der Waals surface area contributed by atoms with Crippen LogP contribution in [0.2, 0.25) is 0 Å². The zero-order valence-corrected chi connectivity index (χ0v) is 11.2. The third-order valence-corrected chi connectivity index (χ3v) is 2.74. The van der Waals surface area contributed by atoms with E-state index in [1.807, 2.05) is 0 Å². The van der Waals surface area contributed by atoms with E-state index < -0.39 is 11.6 Å². The maximum Gasteiger partial charge on any atom is 0.354 e. The summed E-state index contributed by atoms with van der Waals surface area (Å²) in [7, 11) is 0. The average Bonchev–Trinajstić information content (AvgIpc) is 2.44. The van der Waals surface area contributed by atoms with Crippen molar-refractivity contribution in [3.8, 4) is 11.8 Å². The second-order valence-electron chi connectivity index (χ2n) is 4.44. The normalized spacial score (nSPS) is 10.1. The maximum atomic E-state index is 11.5. The van der Waals surface area contributed by atoms with Crippen LogP contribution in [0, 0.1) is 11.3 Å². The first-order chi connectivity index (χ1) is 9.99. The number of ketones is 1. The lowest BCUT2D eigenvalue weighted by Crippen LogP contribution is -2.09. The first-order valence-electron chi connectivity index (χ1n) is 6.17. The van der Waals surface area contributed by atoms with Gasteiger partial charge in [-0.15, -0.1) is 0 Å².